The molecule has 2 nitrogen and oxygen atoms in total. The van der Waals surface area contributed by atoms with Crippen molar-refractivity contribution in [2.24, 2.45) is 5.92 Å². The molecule has 0 N–H and O–H groups in total. The highest BCUT2D eigenvalue weighted by Crippen LogP contribution is 2.38. The van der Waals surface area contributed by atoms with E-state index >= 15 is 0 Å². The molecule has 1 aliphatic carbocycles. The van der Waals surface area contributed by atoms with Crippen LogP contribution in [0.2, 0.25) is 0 Å². The number of hydrogen-bond acceptors (Lipinski definition) is 2. The minimum atomic E-state index is -1.17. The van der Waals surface area contributed by atoms with Gasteiger partial charge in [0.15, 0.2) is 11.6 Å². The van der Waals surface area contributed by atoms with Gasteiger partial charge in [0.2, 0.25) is 0 Å². The van der Waals surface area contributed by atoms with Gasteiger partial charge in [-0.2, -0.15) is 0 Å². The molecule has 0 radical (unpaired) electrons. The predicted octanol–water partition coefficient (Wildman–Crippen LogP) is 6.49. The maximum atomic E-state index is 14.4. The fourth-order valence-corrected chi connectivity index (χ4v) is 4.17. The van der Waals surface area contributed by atoms with E-state index in [0.717, 1.165) is 13.0 Å². The van der Waals surface area contributed by atoms with Gasteiger partial charge in [0.25, 0.3) is 0 Å². The average Bonchev–Trinajstić information content (AvgIpc) is 2.70. The second kappa shape index (κ2) is 8.64. The number of carbonyl (C=O) groups excluding carboxylic acids is 1. The summed E-state index contributed by atoms with van der Waals surface area (Å²) >= 11 is 0. The molecule has 0 heterocycles. The zero-order valence-corrected chi connectivity index (χ0v) is 15.9. The Bertz CT molecular complexity index is 791. The van der Waals surface area contributed by atoms with Crippen molar-refractivity contribution in [1.82, 2.24) is 0 Å². The molecule has 4 heteroatoms. The smallest absolute Gasteiger partial charge is 0.340 e. The molecule has 1 saturated carbocycles. The normalized spacial score (nSPS) is 19.7. The molecule has 3 rings (SSSR count). The first kappa shape index (κ1) is 19.5. The van der Waals surface area contributed by atoms with E-state index in [-0.39, 0.29) is 11.1 Å². The van der Waals surface area contributed by atoms with Crippen LogP contribution in [0.15, 0.2) is 36.4 Å². The summed E-state index contributed by atoms with van der Waals surface area (Å²) in [4.78, 5) is 11.5. The maximum absolute atomic E-state index is 14.4. The van der Waals surface area contributed by atoms with Crippen molar-refractivity contribution >= 4 is 5.97 Å². The third-order valence-corrected chi connectivity index (χ3v) is 5.72. The summed E-state index contributed by atoms with van der Waals surface area (Å²) in [7, 11) is 1.14. The molecule has 0 saturated heterocycles. The summed E-state index contributed by atoms with van der Waals surface area (Å²) in [6, 6.07) is 10.4. The van der Waals surface area contributed by atoms with Gasteiger partial charge in [-0.3, -0.25) is 0 Å². The molecule has 2 aromatic rings. The highest BCUT2D eigenvalue weighted by molar-refractivity contribution is 5.90. The lowest BCUT2D eigenvalue weighted by atomic mass is 9.77. The molecule has 2 aromatic carbocycles. The van der Waals surface area contributed by atoms with Crippen molar-refractivity contribution < 1.29 is 18.3 Å². The number of carbonyl (C=O) groups is 1. The summed E-state index contributed by atoms with van der Waals surface area (Å²) in [6.07, 6.45) is 7.50. The van der Waals surface area contributed by atoms with E-state index in [9.17, 15) is 13.6 Å². The van der Waals surface area contributed by atoms with Crippen LogP contribution in [0.5, 0.6) is 0 Å². The Balaban J connectivity index is 1.76. The molecular formula is C23H26F2O2. The second-order valence-corrected chi connectivity index (χ2v) is 7.41. The van der Waals surface area contributed by atoms with Gasteiger partial charge in [-0.05, 0) is 54.7 Å². The Morgan fingerprint density at radius 3 is 2.26 bits per heavy atom. The fourth-order valence-electron chi connectivity index (χ4n) is 4.17. The minimum Gasteiger partial charge on any atom is -0.465 e. The minimum absolute atomic E-state index is 0.151. The zero-order chi connectivity index (χ0) is 19.4. The van der Waals surface area contributed by atoms with Gasteiger partial charge in [0.05, 0.1) is 12.7 Å². The molecule has 0 atom stereocenters. The van der Waals surface area contributed by atoms with E-state index in [4.69, 9.17) is 0 Å². The molecule has 0 spiro atoms. The Hall–Kier alpha value is -2.23. The van der Waals surface area contributed by atoms with Gasteiger partial charge in [-0.1, -0.05) is 50.1 Å². The molecule has 1 aliphatic rings. The molecule has 0 bridgehead atoms. The highest BCUT2D eigenvalue weighted by atomic mass is 19.2. The standard InChI is InChI=1S/C23H26F2O2/c1-3-4-15-5-7-16(8-6-15)17-9-11-18(12-10-17)19-13-14-20(23(26)27-2)22(25)21(19)24/h9-16H,3-8H2,1-2H3. The van der Waals surface area contributed by atoms with Crippen LogP contribution in [0.3, 0.4) is 0 Å². The molecule has 144 valence electrons. The first-order valence-corrected chi connectivity index (χ1v) is 9.71. The number of halogens is 2. The van der Waals surface area contributed by atoms with Crippen LogP contribution in [0.4, 0.5) is 8.78 Å². The van der Waals surface area contributed by atoms with Crippen molar-refractivity contribution in [3.63, 3.8) is 0 Å². The first-order valence-electron chi connectivity index (χ1n) is 9.71. The Morgan fingerprint density at radius 1 is 1.00 bits per heavy atom. The number of benzene rings is 2. The topological polar surface area (TPSA) is 26.3 Å². The lowest BCUT2D eigenvalue weighted by molar-refractivity contribution is 0.0594. The van der Waals surface area contributed by atoms with E-state index < -0.39 is 17.6 Å². The molecule has 0 amide bonds. The van der Waals surface area contributed by atoms with Crippen molar-refractivity contribution in [2.75, 3.05) is 7.11 Å². The predicted molar refractivity (Wildman–Crippen MR) is 103 cm³/mol. The third-order valence-electron chi connectivity index (χ3n) is 5.72. The zero-order valence-electron chi connectivity index (χ0n) is 15.9. The molecule has 0 unspecified atom stereocenters. The van der Waals surface area contributed by atoms with E-state index in [1.165, 1.54) is 56.2 Å². The molecule has 1 fully saturated rings. The number of esters is 1. The summed E-state index contributed by atoms with van der Waals surface area (Å²) in [5.41, 5.74) is 1.63. The second-order valence-electron chi connectivity index (χ2n) is 7.41. The summed E-state index contributed by atoms with van der Waals surface area (Å²) in [5, 5.41) is 0. The van der Waals surface area contributed by atoms with E-state index in [2.05, 4.69) is 11.7 Å². The fraction of sp³-hybridized carbons (Fsp3) is 0.435. The van der Waals surface area contributed by atoms with Crippen molar-refractivity contribution in [1.29, 1.82) is 0 Å². The van der Waals surface area contributed by atoms with Crippen LogP contribution >= 0.6 is 0 Å². The number of ether oxygens (including phenoxy) is 1. The summed E-state index contributed by atoms with van der Waals surface area (Å²) < 4.78 is 33.1. The van der Waals surface area contributed by atoms with Gasteiger partial charge in [0, 0.05) is 5.56 Å². The van der Waals surface area contributed by atoms with Gasteiger partial charge >= 0.3 is 5.97 Å². The quantitative estimate of drug-likeness (QED) is 0.561. The van der Waals surface area contributed by atoms with E-state index in [1.807, 2.05) is 24.3 Å². The largest absolute Gasteiger partial charge is 0.465 e. The Labute approximate surface area is 159 Å². The summed E-state index contributed by atoms with van der Waals surface area (Å²) in [6.45, 7) is 2.24. The van der Waals surface area contributed by atoms with Gasteiger partial charge in [-0.25, -0.2) is 13.6 Å². The monoisotopic (exact) mass is 372 g/mol. The summed E-state index contributed by atoms with van der Waals surface area (Å²) in [5.74, 6) is -1.67. The number of methoxy groups -OCH3 is 1. The number of hydrogen-bond donors (Lipinski definition) is 0. The Morgan fingerprint density at radius 2 is 1.67 bits per heavy atom. The number of rotatable bonds is 5. The highest BCUT2D eigenvalue weighted by Gasteiger charge is 2.23. The molecule has 27 heavy (non-hydrogen) atoms. The van der Waals surface area contributed by atoms with Crippen LogP contribution in [-0.2, 0) is 4.74 Å². The van der Waals surface area contributed by atoms with Crippen molar-refractivity contribution in [3.8, 4) is 11.1 Å². The molecule has 0 aromatic heterocycles. The average molecular weight is 372 g/mol. The van der Waals surface area contributed by atoms with Crippen molar-refractivity contribution in [2.45, 2.75) is 51.4 Å². The SMILES string of the molecule is CCCC1CCC(c2ccc(-c3ccc(C(=O)OC)c(F)c3F)cc2)CC1. The van der Waals surface area contributed by atoms with E-state index in [0.29, 0.717) is 11.5 Å². The van der Waals surface area contributed by atoms with Gasteiger partial charge < -0.3 is 4.74 Å². The molecule has 0 aliphatic heterocycles. The van der Waals surface area contributed by atoms with Crippen LogP contribution < -0.4 is 0 Å². The van der Waals surface area contributed by atoms with E-state index in [1.54, 1.807) is 0 Å². The van der Waals surface area contributed by atoms with Crippen LogP contribution in [0, 0.1) is 17.6 Å². The maximum Gasteiger partial charge on any atom is 0.340 e. The molecular weight excluding hydrogens is 346 g/mol. The van der Waals surface area contributed by atoms with Crippen LogP contribution in [-0.4, -0.2) is 13.1 Å². The van der Waals surface area contributed by atoms with Crippen LogP contribution in [0.25, 0.3) is 11.1 Å². The third kappa shape index (κ3) is 4.20. The van der Waals surface area contributed by atoms with Crippen molar-refractivity contribution in [3.05, 3.63) is 59.2 Å². The lowest BCUT2D eigenvalue weighted by Crippen LogP contribution is -2.13. The first-order chi connectivity index (χ1) is 13.0. The Kier molecular flexibility index (Phi) is 6.25. The van der Waals surface area contributed by atoms with Crippen LogP contribution in [0.1, 0.15) is 67.3 Å². The van der Waals surface area contributed by atoms with Gasteiger partial charge in [0.1, 0.15) is 0 Å². The van der Waals surface area contributed by atoms with Gasteiger partial charge in [-0.15, -0.1) is 0 Å². The lowest BCUT2D eigenvalue weighted by Gasteiger charge is -2.28.